The summed E-state index contributed by atoms with van der Waals surface area (Å²) in [6.07, 6.45) is -0.552. The zero-order valence-corrected chi connectivity index (χ0v) is 7.88. The van der Waals surface area contributed by atoms with Crippen LogP contribution in [0.4, 0.5) is 4.39 Å². The minimum absolute atomic E-state index is 0.0168. The van der Waals surface area contributed by atoms with Gasteiger partial charge in [0.15, 0.2) is 0 Å². The summed E-state index contributed by atoms with van der Waals surface area (Å²) < 4.78 is 17.8. The molecule has 0 aliphatic carbocycles. The number of halogens is 2. The second-order valence-corrected chi connectivity index (χ2v) is 3.14. The summed E-state index contributed by atoms with van der Waals surface area (Å²) in [7, 11) is 0. The fraction of sp³-hybridized carbons (Fsp3) is 0.333. The van der Waals surface area contributed by atoms with E-state index in [0.717, 1.165) is 0 Å². The first-order valence-electron chi connectivity index (χ1n) is 3.85. The van der Waals surface area contributed by atoms with Gasteiger partial charge in [-0.25, -0.2) is 4.39 Å². The third-order valence-corrected chi connectivity index (χ3v) is 1.67. The molecule has 2 nitrogen and oxygen atoms in total. The highest BCUT2D eigenvalue weighted by atomic mass is 35.5. The molecule has 0 unspecified atom stereocenters. The summed E-state index contributed by atoms with van der Waals surface area (Å²) >= 11 is 5.51. The van der Waals surface area contributed by atoms with Crippen molar-refractivity contribution in [2.75, 3.05) is 6.61 Å². The van der Waals surface area contributed by atoms with Crippen molar-refractivity contribution >= 4 is 11.6 Å². The van der Waals surface area contributed by atoms with Gasteiger partial charge in [-0.15, -0.1) is 0 Å². The Hall–Kier alpha value is -0.800. The lowest BCUT2D eigenvalue weighted by atomic mass is 10.3. The predicted molar refractivity (Wildman–Crippen MR) is 48.6 cm³/mol. The van der Waals surface area contributed by atoms with Crippen LogP contribution in [0.5, 0.6) is 5.75 Å². The Morgan fingerprint density at radius 1 is 1.62 bits per heavy atom. The van der Waals surface area contributed by atoms with Crippen LogP contribution in [0.15, 0.2) is 18.2 Å². The van der Waals surface area contributed by atoms with Crippen molar-refractivity contribution in [3.8, 4) is 5.75 Å². The van der Waals surface area contributed by atoms with Crippen LogP contribution in [0.1, 0.15) is 6.92 Å². The van der Waals surface area contributed by atoms with E-state index in [1.54, 1.807) is 6.92 Å². The number of benzene rings is 1. The monoisotopic (exact) mass is 204 g/mol. The van der Waals surface area contributed by atoms with Gasteiger partial charge >= 0.3 is 0 Å². The van der Waals surface area contributed by atoms with Gasteiger partial charge in [0.2, 0.25) is 0 Å². The van der Waals surface area contributed by atoms with Crippen molar-refractivity contribution < 1.29 is 14.2 Å². The molecule has 1 aromatic carbocycles. The van der Waals surface area contributed by atoms with Gasteiger partial charge in [-0.3, -0.25) is 0 Å². The molecule has 0 radical (unpaired) electrons. The molecule has 0 aliphatic rings. The molecule has 1 N–H and O–H groups in total. The molecule has 0 saturated heterocycles. The number of aliphatic hydroxyl groups excluding tert-OH is 1. The molecule has 13 heavy (non-hydrogen) atoms. The summed E-state index contributed by atoms with van der Waals surface area (Å²) in [6, 6.07) is 4.06. The van der Waals surface area contributed by atoms with Gasteiger partial charge in [0.25, 0.3) is 0 Å². The fourth-order valence-electron chi connectivity index (χ4n) is 0.783. The smallest absolute Gasteiger partial charge is 0.142 e. The summed E-state index contributed by atoms with van der Waals surface area (Å²) in [5.74, 6) is -0.0293. The van der Waals surface area contributed by atoms with E-state index in [4.69, 9.17) is 21.4 Å². The molecule has 0 aliphatic heterocycles. The minimum atomic E-state index is -0.552. The van der Waals surface area contributed by atoms with E-state index in [1.807, 2.05) is 0 Å². The number of aliphatic hydroxyl groups is 1. The lowest BCUT2D eigenvalue weighted by molar-refractivity contribution is 0.122. The Morgan fingerprint density at radius 3 is 2.85 bits per heavy atom. The van der Waals surface area contributed by atoms with Crippen molar-refractivity contribution in [3.63, 3.8) is 0 Å². The van der Waals surface area contributed by atoms with E-state index in [-0.39, 0.29) is 11.6 Å². The molecule has 72 valence electrons. The molecule has 0 heterocycles. The molecule has 1 atom stereocenters. The second kappa shape index (κ2) is 4.44. The standard InChI is InChI=1S/C9H10ClFO2/c1-6(12)5-13-7-2-3-9(11)8(10)4-7/h2-4,6,12H,5H2,1H3/t6-/m0/s1. The molecule has 0 bridgehead atoms. The van der Waals surface area contributed by atoms with Crippen molar-refractivity contribution in [1.82, 2.24) is 0 Å². The summed E-state index contributed by atoms with van der Waals surface area (Å²) in [4.78, 5) is 0. The van der Waals surface area contributed by atoms with Crippen molar-refractivity contribution in [2.45, 2.75) is 13.0 Å². The first kappa shape index (κ1) is 10.3. The molecular formula is C9H10ClFO2. The molecule has 0 saturated carbocycles. The highest BCUT2D eigenvalue weighted by Gasteiger charge is 2.02. The Kier molecular flexibility index (Phi) is 3.51. The Balaban J connectivity index is 2.63. The summed E-state index contributed by atoms with van der Waals surface area (Å²) in [6.45, 7) is 1.77. The van der Waals surface area contributed by atoms with Gasteiger partial charge in [0.1, 0.15) is 18.2 Å². The van der Waals surface area contributed by atoms with Crippen LogP contribution in [0.25, 0.3) is 0 Å². The van der Waals surface area contributed by atoms with Crippen LogP contribution < -0.4 is 4.74 Å². The molecule has 4 heteroatoms. The molecule has 0 aromatic heterocycles. The zero-order valence-electron chi connectivity index (χ0n) is 7.13. The van der Waals surface area contributed by atoms with Gasteiger partial charge in [-0.05, 0) is 19.1 Å². The zero-order chi connectivity index (χ0) is 9.84. The number of hydrogen-bond donors (Lipinski definition) is 1. The van der Waals surface area contributed by atoms with E-state index in [9.17, 15) is 4.39 Å². The molecule has 1 aromatic rings. The second-order valence-electron chi connectivity index (χ2n) is 2.74. The quantitative estimate of drug-likeness (QED) is 0.818. The Bertz CT molecular complexity index is 289. The van der Waals surface area contributed by atoms with E-state index in [1.165, 1.54) is 18.2 Å². The van der Waals surface area contributed by atoms with E-state index in [2.05, 4.69) is 0 Å². The van der Waals surface area contributed by atoms with E-state index >= 15 is 0 Å². The molecule has 0 spiro atoms. The normalized spacial score (nSPS) is 12.6. The van der Waals surface area contributed by atoms with Crippen LogP contribution in [-0.2, 0) is 0 Å². The van der Waals surface area contributed by atoms with Gasteiger partial charge in [-0.1, -0.05) is 11.6 Å². The average molecular weight is 205 g/mol. The SMILES string of the molecule is C[C@H](O)COc1ccc(F)c(Cl)c1. The lowest BCUT2D eigenvalue weighted by Gasteiger charge is -2.07. The molecule has 0 fully saturated rings. The lowest BCUT2D eigenvalue weighted by Crippen LogP contribution is -2.12. The van der Waals surface area contributed by atoms with Gasteiger partial charge in [0.05, 0.1) is 11.1 Å². The topological polar surface area (TPSA) is 29.5 Å². The van der Waals surface area contributed by atoms with Crippen LogP contribution in [0.2, 0.25) is 5.02 Å². The maximum atomic E-state index is 12.7. The van der Waals surface area contributed by atoms with E-state index < -0.39 is 11.9 Å². The Labute approximate surface area is 80.9 Å². The van der Waals surface area contributed by atoms with Crippen molar-refractivity contribution in [1.29, 1.82) is 0 Å². The maximum absolute atomic E-state index is 12.7. The van der Waals surface area contributed by atoms with E-state index in [0.29, 0.717) is 5.75 Å². The Morgan fingerprint density at radius 2 is 2.31 bits per heavy atom. The van der Waals surface area contributed by atoms with Gasteiger partial charge in [0, 0.05) is 6.07 Å². The number of ether oxygens (including phenoxy) is 1. The van der Waals surface area contributed by atoms with Crippen LogP contribution in [0, 0.1) is 5.82 Å². The highest BCUT2D eigenvalue weighted by molar-refractivity contribution is 6.30. The third-order valence-electron chi connectivity index (χ3n) is 1.38. The fourth-order valence-corrected chi connectivity index (χ4v) is 0.954. The number of hydrogen-bond acceptors (Lipinski definition) is 2. The average Bonchev–Trinajstić information content (AvgIpc) is 2.07. The number of rotatable bonds is 3. The van der Waals surface area contributed by atoms with Gasteiger partial charge in [-0.2, -0.15) is 0 Å². The van der Waals surface area contributed by atoms with Crippen LogP contribution in [0.3, 0.4) is 0 Å². The largest absolute Gasteiger partial charge is 0.491 e. The molecule has 1 rings (SSSR count). The van der Waals surface area contributed by atoms with Gasteiger partial charge < -0.3 is 9.84 Å². The summed E-state index contributed by atoms with van der Waals surface area (Å²) in [5, 5.41) is 8.92. The van der Waals surface area contributed by atoms with Crippen LogP contribution in [-0.4, -0.2) is 17.8 Å². The van der Waals surface area contributed by atoms with Crippen LogP contribution >= 0.6 is 11.6 Å². The van der Waals surface area contributed by atoms with Crippen molar-refractivity contribution in [3.05, 3.63) is 29.0 Å². The molecule has 0 amide bonds. The first-order chi connectivity index (χ1) is 6.09. The summed E-state index contributed by atoms with van der Waals surface area (Å²) in [5.41, 5.74) is 0. The highest BCUT2D eigenvalue weighted by Crippen LogP contribution is 2.20. The predicted octanol–water partition coefficient (Wildman–Crippen LogP) is 2.24. The minimum Gasteiger partial charge on any atom is -0.491 e. The first-order valence-corrected chi connectivity index (χ1v) is 4.23. The maximum Gasteiger partial charge on any atom is 0.142 e. The van der Waals surface area contributed by atoms with Crippen molar-refractivity contribution in [2.24, 2.45) is 0 Å². The molecular weight excluding hydrogens is 195 g/mol. The third kappa shape index (κ3) is 3.20.